The molecule has 1 aromatic rings. The number of carboxylic acids is 1. The molecule has 0 aromatic carbocycles. The number of aliphatic carboxylic acids is 1. The quantitative estimate of drug-likeness (QED) is 0.841. The third kappa shape index (κ3) is 3.82. The summed E-state index contributed by atoms with van der Waals surface area (Å²) in [6.07, 6.45) is 2.90. The first-order valence-corrected chi connectivity index (χ1v) is 7.13. The van der Waals surface area contributed by atoms with E-state index in [0.717, 1.165) is 18.5 Å². The fourth-order valence-electron chi connectivity index (χ4n) is 2.36. The van der Waals surface area contributed by atoms with Gasteiger partial charge in [0.15, 0.2) is 0 Å². The van der Waals surface area contributed by atoms with Crippen LogP contribution in [0.5, 0.6) is 0 Å². The highest BCUT2D eigenvalue weighted by atomic mass is 16.4. The summed E-state index contributed by atoms with van der Waals surface area (Å²) in [7, 11) is 1.78. The van der Waals surface area contributed by atoms with Crippen molar-refractivity contribution in [3.8, 4) is 0 Å². The van der Waals surface area contributed by atoms with Crippen LogP contribution in [0, 0.1) is 5.92 Å². The monoisotopic (exact) mass is 282 g/mol. The first-order chi connectivity index (χ1) is 9.18. The van der Waals surface area contributed by atoms with Crippen LogP contribution in [-0.4, -0.2) is 26.0 Å². The van der Waals surface area contributed by atoms with Gasteiger partial charge in [-0.05, 0) is 6.42 Å². The third-order valence-corrected chi connectivity index (χ3v) is 3.45. The molecule has 0 aliphatic rings. The molecular formula is C15H26N2O3. The molecule has 1 heterocycles. The largest absolute Gasteiger partial charge is 0.481 e. The number of aliphatic hydroxyl groups is 1. The molecule has 1 aromatic heterocycles. The van der Waals surface area contributed by atoms with Crippen LogP contribution in [-0.2, 0) is 17.3 Å². The van der Waals surface area contributed by atoms with Crippen molar-refractivity contribution in [3.63, 3.8) is 0 Å². The van der Waals surface area contributed by atoms with E-state index in [-0.39, 0.29) is 5.41 Å². The predicted octanol–water partition coefficient (Wildman–Crippen LogP) is 2.64. The molecule has 0 spiro atoms. The van der Waals surface area contributed by atoms with Crippen LogP contribution in [0.25, 0.3) is 0 Å². The van der Waals surface area contributed by atoms with Crippen molar-refractivity contribution in [2.24, 2.45) is 13.0 Å². The zero-order valence-corrected chi connectivity index (χ0v) is 13.1. The van der Waals surface area contributed by atoms with Crippen molar-refractivity contribution in [1.29, 1.82) is 0 Å². The molecule has 0 aliphatic carbocycles. The van der Waals surface area contributed by atoms with Crippen LogP contribution in [0.3, 0.4) is 0 Å². The lowest BCUT2D eigenvalue weighted by Gasteiger charge is -2.23. The summed E-state index contributed by atoms with van der Waals surface area (Å²) in [6, 6.07) is 0. The molecule has 114 valence electrons. The summed E-state index contributed by atoms with van der Waals surface area (Å²) in [5, 5.41) is 24.2. The molecule has 2 atom stereocenters. The van der Waals surface area contributed by atoms with Gasteiger partial charge in [-0.3, -0.25) is 9.48 Å². The second-order valence-corrected chi connectivity index (χ2v) is 6.39. The van der Waals surface area contributed by atoms with Crippen molar-refractivity contribution < 1.29 is 15.0 Å². The van der Waals surface area contributed by atoms with E-state index < -0.39 is 18.0 Å². The fourth-order valence-corrected chi connectivity index (χ4v) is 2.36. The van der Waals surface area contributed by atoms with Crippen LogP contribution < -0.4 is 0 Å². The van der Waals surface area contributed by atoms with Gasteiger partial charge in [0, 0.05) is 24.2 Å². The van der Waals surface area contributed by atoms with Crippen LogP contribution in [0.1, 0.15) is 64.3 Å². The number of nitrogens with zero attached hydrogens (tertiary/aromatic N) is 2. The lowest BCUT2D eigenvalue weighted by molar-refractivity contribution is -0.146. The number of carbonyl (C=O) groups is 1. The van der Waals surface area contributed by atoms with Gasteiger partial charge >= 0.3 is 5.97 Å². The van der Waals surface area contributed by atoms with E-state index in [0.29, 0.717) is 12.0 Å². The lowest BCUT2D eigenvalue weighted by atomic mass is 9.84. The van der Waals surface area contributed by atoms with Crippen LogP contribution >= 0.6 is 0 Å². The zero-order chi connectivity index (χ0) is 15.5. The van der Waals surface area contributed by atoms with Gasteiger partial charge in [0.25, 0.3) is 0 Å². The third-order valence-electron chi connectivity index (χ3n) is 3.45. The topological polar surface area (TPSA) is 75.3 Å². The highest BCUT2D eigenvalue weighted by molar-refractivity contribution is 5.71. The molecule has 0 bridgehead atoms. The van der Waals surface area contributed by atoms with Gasteiger partial charge in [-0.2, -0.15) is 5.10 Å². The van der Waals surface area contributed by atoms with E-state index in [1.54, 1.807) is 17.9 Å². The van der Waals surface area contributed by atoms with E-state index in [4.69, 9.17) is 0 Å². The summed E-state index contributed by atoms with van der Waals surface area (Å²) in [6.45, 7) is 8.03. The summed E-state index contributed by atoms with van der Waals surface area (Å²) < 4.78 is 1.64. The second kappa shape index (κ2) is 6.39. The molecule has 1 rings (SSSR count). The van der Waals surface area contributed by atoms with Crippen molar-refractivity contribution in [2.75, 3.05) is 0 Å². The minimum Gasteiger partial charge on any atom is -0.481 e. The van der Waals surface area contributed by atoms with Gasteiger partial charge in [-0.1, -0.05) is 40.5 Å². The number of carboxylic acid groups (broad SMARTS) is 1. The van der Waals surface area contributed by atoms with Crippen molar-refractivity contribution >= 4 is 5.97 Å². The Balaban J connectivity index is 3.11. The van der Waals surface area contributed by atoms with E-state index in [9.17, 15) is 15.0 Å². The lowest BCUT2D eigenvalue weighted by Crippen LogP contribution is -2.24. The average molecular weight is 282 g/mol. The highest BCUT2D eigenvalue weighted by Crippen LogP contribution is 2.33. The Kier molecular flexibility index (Phi) is 5.34. The first-order valence-electron chi connectivity index (χ1n) is 7.13. The van der Waals surface area contributed by atoms with Gasteiger partial charge in [-0.25, -0.2) is 0 Å². The molecule has 0 saturated carbocycles. The number of aromatic nitrogens is 2. The number of aryl methyl sites for hydroxylation is 1. The van der Waals surface area contributed by atoms with Crippen LogP contribution in [0.2, 0.25) is 0 Å². The average Bonchev–Trinajstić information content (AvgIpc) is 2.71. The number of hydrogen-bond donors (Lipinski definition) is 2. The van der Waals surface area contributed by atoms with E-state index in [1.165, 1.54) is 0 Å². The maximum absolute atomic E-state index is 11.4. The molecule has 5 nitrogen and oxygen atoms in total. The van der Waals surface area contributed by atoms with Gasteiger partial charge in [0.05, 0.1) is 17.7 Å². The molecule has 5 heteroatoms. The second-order valence-electron chi connectivity index (χ2n) is 6.39. The molecule has 0 amide bonds. The Bertz CT molecular complexity index is 460. The Morgan fingerprint density at radius 2 is 2.05 bits per heavy atom. The number of rotatable bonds is 6. The van der Waals surface area contributed by atoms with E-state index >= 15 is 0 Å². The standard InChI is InChI=1S/C15H26N2O3/c1-6-7-8-10(14(19)20)12(18)11-9-17(5)16-13(11)15(2,3)4/h9-10,12,18H,6-8H2,1-5H3,(H,19,20). The normalized spacial score (nSPS) is 15.1. The highest BCUT2D eigenvalue weighted by Gasteiger charge is 2.33. The summed E-state index contributed by atoms with van der Waals surface area (Å²) in [5.41, 5.74) is 1.16. The summed E-state index contributed by atoms with van der Waals surface area (Å²) >= 11 is 0. The molecule has 2 N–H and O–H groups in total. The number of aliphatic hydroxyl groups excluding tert-OH is 1. The first kappa shape index (κ1) is 16.7. The molecule has 0 saturated heterocycles. The SMILES string of the molecule is CCCCC(C(=O)O)C(O)c1cn(C)nc1C(C)(C)C. The van der Waals surface area contributed by atoms with Crippen molar-refractivity contribution in [1.82, 2.24) is 9.78 Å². The van der Waals surface area contributed by atoms with E-state index in [1.807, 2.05) is 27.7 Å². The predicted molar refractivity (Wildman–Crippen MR) is 77.5 cm³/mol. The number of hydrogen-bond acceptors (Lipinski definition) is 3. The molecule has 2 unspecified atom stereocenters. The fraction of sp³-hybridized carbons (Fsp3) is 0.733. The molecule has 0 aliphatic heterocycles. The molecule has 20 heavy (non-hydrogen) atoms. The van der Waals surface area contributed by atoms with Crippen LogP contribution in [0.15, 0.2) is 6.20 Å². The maximum atomic E-state index is 11.4. The summed E-state index contributed by atoms with van der Waals surface area (Å²) in [5.74, 6) is -1.73. The Morgan fingerprint density at radius 1 is 1.45 bits per heavy atom. The Labute approximate surface area is 120 Å². The Morgan fingerprint density at radius 3 is 2.50 bits per heavy atom. The molecular weight excluding hydrogens is 256 g/mol. The maximum Gasteiger partial charge on any atom is 0.309 e. The van der Waals surface area contributed by atoms with Crippen molar-refractivity contribution in [3.05, 3.63) is 17.5 Å². The van der Waals surface area contributed by atoms with Gasteiger partial charge in [0.1, 0.15) is 0 Å². The number of unbranched alkanes of at least 4 members (excludes halogenated alkanes) is 1. The van der Waals surface area contributed by atoms with Crippen LogP contribution in [0.4, 0.5) is 0 Å². The minimum atomic E-state index is -1.01. The van der Waals surface area contributed by atoms with Gasteiger partial charge in [-0.15, -0.1) is 0 Å². The van der Waals surface area contributed by atoms with Crippen molar-refractivity contribution in [2.45, 2.75) is 58.5 Å². The van der Waals surface area contributed by atoms with E-state index in [2.05, 4.69) is 5.10 Å². The minimum absolute atomic E-state index is 0.231. The van der Waals surface area contributed by atoms with Gasteiger partial charge in [0.2, 0.25) is 0 Å². The smallest absolute Gasteiger partial charge is 0.309 e. The molecule has 0 fully saturated rings. The van der Waals surface area contributed by atoms with Gasteiger partial charge < -0.3 is 10.2 Å². The molecule has 0 radical (unpaired) electrons. The zero-order valence-electron chi connectivity index (χ0n) is 13.1. The Hall–Kier alpha value is -1.36. The summed E-state index contributed by atoms with van der Waals surface area (Å²) in [4.78, 5) is 11.4.